The number of rotatable bonds is 3. The average molecular weight is 282 g/mol. The summed E-state index contributed by atoms with van der Waals surface area (Å²) in [6, 6.07) is 11.3. The first-order valence-corrected chi connectivity index (χ1v) is 6.48. The topological polar surface area (TPSA) is 55.0 Å². The van der Waals surface area contributed by atoms with Crippen LogP contribution < -0.4 is 4.90 Å². The SMILES string of the molecule is CN(C)c1ccc(/C=C2\C(=O)ON=C2c2ccco2)cc1. The van der Waals surface area contributed by atoms with Crippen LogP contribution >= 0.6 is 0 Å². The van der Waals surface area contributed by atoms with E-state index < -0.39 is 5.97 Å². The fraction of sp³-hybridized carbons (Fsp3) is 0.125. The molecule has 1 aromatic carbocycles. The van der Waals surface area contributed by atoms with Crippen LogP contribution in [-0.2, 0) is 9.63 Å². The summed E-state index contributed by atoms with van der Waals surface area (Å²) in [5.41, 5.74) is 2.80. The molecule has 0 N–H and O–H groups in total. The van der Waals surface area contributed by atoms with Crippen LogP contribution in [0.1, 0.15) is 11.3 Å². The van der Waals surface area contributed by atoms with Crippen molar-refractivity contribution in [3.05, 3.63) is 59.6 Å². The molecule has 21 heavy (non-hydrogen) atoms. The normalized spacial score (nSPS) is 16.0. The second kappa shape index (κ2) is 5.28. The first-order chi connectivity index (χ1) is 10.1. The number of benzene rings is 1. The van der Waals surface area contributed by atoms with Gasteiger partial charge in [0.15, 0.2) is 11.5 Å². The Hall–Kier alpha value is -2.82. The molecule has 0 aliphatic carbocycles. The largest absolute Gasteiger partial charge is 0.463 e. The van der Waals surface area contributed by atoms with E-state index >= 15 is 0 Å². The van der Waals surface area contributed by atoms with Gasteiger partial charge in [0.25, 0.3) is 0 Å². The van der Waals surface area contributed by atoms with Gasteiger partial charge in [0.1, 0.15) is 0 Å². The summed E-state index contributed by atoms with van der Waals surface area (Å²) in [6.45, 7) is 0. The van der Waals surface area contributed by atoms with Gasteiger partial charge in [-0.15, -0.1) is 0 Å². The molecule has 0 saturated carbocycles. The van der Waals surface area contributed by atoms with Crippen LogP contribution in [0.3, 0.4) is 0 Å². The molecule has 106 valence electrons. The van der Waals surface area contributed by atoms with Crippen LogP contribution in [0.15, 0.2) is 57.8 Å². The summed E-state index contributed by atoms with van der Waals surface area (Å²) in [5.74, 6) is 0.0371. The van der Waals surface area contributed by atoms with Gasteiger partial charge in [-0.1, -0.05) is 17.3 Å². The zero-order valence-electron chi connectivity index (χ0n) is 11.7. The van der Waals surface area contributed by atoms with Crippen molar-refractivity contribution in [1.82, 2.24) is 0 Å². The Kier molecular flexibility index (Phi) is 3.31. The zero-order chi connectivity index (χ0) is 14.8. The monoisotopic (exact) mass is 282 g/mol. The Labute approximate surface area is 122 Å². The lowest BCUT2D eigenvalue weighted by molar-refractivity contribution is -0.136. The minimum absolute atomic E-state index is 0.391. The molecule has 0 bridgehead atoms. The maximum atomic E-state index is 11.8. The highest BCUT2D eigenvalue weighted by molar-refractivity contribution is 6.30. The Morgan fingerprint density at radius 3 is 2.52 bits per heavy atom. The summed E-state index contributed by atoms with van der Waals surface area (Å²) in [7, 11) is 3.95. The molecule has 3 rings (SSSR count). The summed E-state index contributed by atoms with van der Waals surface area (Å²) in [5, 5.41) is 3.78. The van der Waals surface area contributed by atoms with Gasteiger partial charge in [-0.05, 0) is 35.9 Å². The molecule has 0 radical (unpaired) electrons. The number of oxime groups is 1. The van der Waals surface area contributed by atoms with Crippen molar-refractivity contribution in [3.8, 4) is 0 Å². The third-order valence-electron chi connectivity index (χ3n) is 3.17. The fourth-order valence-electron chi connectivity index (χ4n) is 2.04. The Bertz CT molecular complexity index is 710. The van der Waals surface area contributed by atoms with Crippen molar-refractivity contribution in [1.29, 1.82) is 0 Å². The number of furan rings is 1. The molecule has 0 atom stereocenters. The predicted octanol–water partition coefficient (Wildman–Crippen LogP) is 2.69. The highest BCUT2D eigenvalue weighted by Gasteiger charge is 2.28. The van der Waals surface area contributed by atoms with Gasteiger partial charge in [-0.25, -0.2) is 4.79 Å². The molecule has 2 heterocycles. The third kappa shape index (κ3) is 2.58. The van der Waals surface area contributed by atoms with E-state index in [-0.39, 0.29) is 0 Å². The van der Waals surface area contributed by atoms with E-state index in [0.29, 0.717) is 17.0 Å². The molecule has 1 aliphatic heterocycles. The lowest BCUT2D eigenvalue weighted by atomic mass is 10.1. The van der Waals surface area contributed by atoms with Crippen molar-refractivity contribution < 1.29 is 14.0 Å². The number of carbonyl (C=O) groups excluding carboxylic acids is 1. The maximum absolute atomic E-state index is 11.8. The lowest BCUT2D eigenvalue weighted by Gasteiger charge is -2.11. The van der Waals surface area contributed by atoms with Crippen molar-refractivity contribution in [2.45, 2.75) is 0 Å². The van der Waals surface area contributed by atoms with E-state index in [0.717, 1.165) is 11.3 Å². The van der Waals surface area contributed by atoms with Gasteiger partial charge in [-0.2, -0.15) is 0 Å². The van der Waals surface area contributed by atoms with Crippen molar-refractivity contribution in [2.75, 3.05) is 19.0 Å². The van der Waals surface area contributed by atoms with Crippen LogP contribution in [0, 0.1) is 0 Å². The van der Waals surface area contributed by atoms with Gasteiger partial charge in [0, 0.05) is 19.8 Å². The van der Waals surface area contributed by atoms with Crippen LogP contribution in [-0.4, -0.2) is 25.8 Å². The molecule has 0 fully saturated rings. The minimum atomic E-state index is -0.474. The van der Waals surface area contributed by atoms with Crippen LogP contribution in [0.4, 0.5) is 5.69 Å². The van der Waals surface area contributed by atoms with Crippen molar-refractivity contribution >= 4 is 23.4 Å². The molecular formula is C16H14N2O3. The second-order valence-electron chi connectivity index (χ2n) is 4.84. The molecule has 5 heteroatoms. The van der Waals surface area contributed by atoms with E-state index in [4.69, 9.17) is 9.25 Å². The molecule has 0 saturated heterocycles. The Morgan fingerprint density at radius 1 is 1.14 bits per heavy atom. The molecule has 0 unspecified atom stereocenters. The minimum Gasteiger partial charge on any atom is -0.463 e. The standard InChI is InChI=1S/C16H14N2O3/c1-18(2)12-7-5-11(6-8-12)10-13-15(17-21-16(13)19)14-4-3-9-20-14/h3-10H,1-2H3/b13-10-. The van der Waals surface area contributed by atoms with Crippen molar-refractivity contribution in [3.63, 3.8) is 0 Å². The van der Waals surface area contributed by atoms with E-state index in [2.05, 4.69) is 5.16 Å². The van der Waals surface area contributed by atoms with Gasteiger partial charge in [0.2, 0.25) is 0 Å². The average Bonchev–Trinajstić information content (AvgIpc) is 3.10. The second-order valence-corrected chi connectivity index (χ2v) is 4.84. The van der Waals surface area contributed by atoms with Crippen LogP contribution in [0.5, 0.6) is 0 Å². The summed E-state index contributed by atoms with van der Waals surface area (Å²) in [6.07, 6.45) is 3.28. The Balaban J connectivity index is 1.93. The van der Waals surface area contributed by atoms with E-state index in [1.807, 2.05) is 43.3 Å². The highest BCUT2D eigenvalue weighted by Crippen LogP contribution is 2.22. The molecule has 0 amide bonds. The number of carbonyl (C=O) groups is 1. The third-order valence-corrected chi connectivity index (χ3v) is 3.17. The summed E-state index contributed by atoms with van der Waals surface area (Å²) in [4.78, 5) is 18.6. The van der Waals surface area contributed by atoms with E-state index in [9.17, 15) is 4.79 Å². The quantitative estimate of drug-likeness (QED) is 0.641. The molecule has 5 nitrogen and oxygen atoms in total. The molecule has 1 aromatic heterocycles. The Morgan fingerprint density at radius 2 is 1.90 bits per heavy atom. The van der Waals surface area contributed by atoms with Gasteiger partial charge >= 0.3 is 5.97 Å². The number of hydrogen-bond acceptors (Lipinski definition) is 5. The predicted molar refractivity (Wildman–Crippen MR) is 80.1 cm³/mol. The van der Waals surface area contributed by atoms with Crippen LogP contribution in [0.2, 0.25) is 0 Å². The molecule has 1 aliphatic rings. The fourth-order valence-corrected chi connectivity index (χ4v) is 2.04. The molecule has 2 aromatic rings. The number of anilines is 1. The molecular weight excluding hydrogens is 268 g/mol. The van der Waals surface area contributed by atoms with E-state index in [1.54, 1.807) is 18.2 Å². The smallest absolute Gasteiger partial charge is 0.368 e. The lowest BCUT2D eigenvalue weighted by Crippen LogP contribution is -2.08. The van der Waals surface area contributed by atoms with Gasteiger partial charge in [-0.3, -0.25) is 0 Å². The zero-order valence-corrected chi connectivity index (χ0v) is 11.7. The summed E-state index contributed by atoms with van der Waals surface area (Å²) >= 11 is 0. The number of nitrogens with zero attached hydrogens (tertiary/aromatic N) is 2. The maximum Gasteiger partial charge on any atom is 0.368 e. The summed E-state index contributed by atoms with van der Waals surface area (Å²) < 4.78 is 5.27. The first-order valence-electron chi connectivity index (χ1n) is 6.48. The number of hydrogen-bond donors (Lipinski definition) is 0. The van der Waals surface area contributed by atoms with Gasteiger partial charge in [0.05, 0.1) is 11.8 Å². The van der Waals surface area contributed by atoms with Crippen molar-refractivity contribution in [2.24, 2.45) is 5.16 Å². The first kappa shape index (κ1) is 13.2. The molecule has 0 spiro atoms. The van der Waals surface area contributed by atoms with Gasteiger partial charge < -0.3 is 14.2 Å². The van der Waals surface area contributed by atoms with E-state index in [1.165, 1.54) is 6.26 Å². The van der Waals surface area contributed by atoms with Crippen LogP contribution in [0.25, 0.3) is 6.08 Å². The highest BCUT2D eigenvalue weighted by atomic mass is 16.7.